The van der Waals surface area contributed by atoms with Crippen LogP contribution in [0.3, 0.4) is 0 Å². The van der Waals surface area contributed by atoms with Gasteiger partial charge in [0, 0.05) is 12.1 Å². The van der Waals surface area contributed by atoms with E-state index in [9.17, 15) is 9.59 Å². The van der Waals surface area contributed by atoms with Crippen molar-refractivity contribution in [3.8, 4) is 0 Å². The van der Waals surface area contributed by atoms with Gasteiger partial charge in [-0.2, -0.15) is 0 Å². The second-order valence-corrected chi connectivity index (χ2v) is 6.25. The van der Waals surface area contributed by atoms with Gasteiger partial charge in [0.25, 0.3) is 0 Å². The lowest BCUT2D eigenvalue weighted by atomic mass is 9.88. The number of hydrogen-bond donors (Lipinski definition) is 3. The lowest BCUT2D eigenvalue weighted by Gasteiger charge is -2.28. The minimum atomic E-state index is -0.761. The van der Waals surface area contributed by atoms with Crippen LogP contribution < -0.4 is 10.6 Å². The molecular formula is C13H24N2O3. The number of carboxylic acids is 1. The van der Waals surface area contributed by atoms with Crippen molar-refractivity contribution in [1.29, 1.82) is 0 Å². The lowest BCUT2D eigenvalue weighted by molar-refractivity contribution is -0.141. The summed E-state index contributed by atoms with van der Waals surface area (Å²) in [4.78, 5) is 22.6. The van der Waals surface area contributed by atoms with Gasteiger partial charge in [-0.05, 0) is 31.6 Å². The maximum absolute atomic E-state index is 11.8. The molecule has 1 saturated carbocycles. The van der Waals surface area contributed by atoms with Gasteiger partial charge in [-0.15, -0.1) is 0 Å². The minimum Gasteiger partial charge on any atom is -0.481 e. The van der Waals surface area contributed by atoms with E-state index in [1.807, 2.05) is 6.92 Å². The summed E-state index contributed by atoms with van der Waals surface area (Å²) in [5, 5.41) is 14.6. The first kappa shape index (κ1) is 14.8. The van der Waals surface area contributed by atoms with E-state index < -0.39 is 5.97 Å². The van der Waals surface area contributed by atoms with Gasteiger partial charge < -0.3 is 15.7 Å². The summed E-state index contributed by atoms with van der Waals surface area (Å²) >= 11 is 0. The fraction of sp³-hybridized carbons (Fsp3) is 0.846. The van der Waals surface area contributed by atoms with Gasteiger partial charge in [0.1, 0.15) is 0 Å². The molecule has 2 amide bonds. The molecule has 5 nitrogen and oxygen atoms in total. The van der Waals surface area contributed by atoms with Crippen LogP contribution >= 0.6 is 0 Å². The number of carbonyl (C=O) groups excluding carboxylic acids is 1. The average Bonchev–Trinajstić information content (AvgIpc) is 2.64. The zero-order chi connectivity index (χ0) is 13.9. The predicted molar refractivity (Wildman–Crippen MR) is 69.3 cm³/mol. The molecule has 18 heavy (non-hydrogen) atoms. The van der Waals surface area contributed by atoms with Gasteiger partial charge in [-0.1, -0.05) is 20.8 Å². The Kier molecular flexibility index (Phi) is 4.59. The highest BCUT2D eigenvalue weighted by Gasteiger charge is 2.31. The summed E-state index contributed by atoms with van der Waals surface area (Å²) < 4.78 is 0. The minimum absolute atomic E-state index is 0.0105. The molecule has 3 N–H and O–H groups in total. The Morgan fingerprint density at radius 1 is 1.28 bits per heavy atom. The SMILES string of the molecule is CC(NC(=O)N[C@H]1CC[C@@H](C(=O)O)C1)C(C)(C)C. The molecule has 5 heteroatoms. The molecule has 1 aliphatic rings. The van der Waals surface area contributed by atoms with E-state index in [1.165, 1.54) is 0 Å². The van der Waals surface area contributed by atoms with Crippen molar-refractivity contribution in [3.63, 3.8) is 0 Å². The summed E-state index contributed by atoms with van der Waals surface area (Å²) in [7, 11) is 0. The van der Waals surface area contributed by atoms with Gasteiger partial charge in [0.15, 0.2) is 0 Å². The van der Waals surface area contributed by atoms with E-state index in [4.69, 9.17) is 5.11 Å². The molecular weight excluding hydrogens is 232 g/mol. The molecule has 0 heterocycles. The standard InChI is InChI=1S/C13H24N2O3/c1-8(13(2,3)4)14-12(18)15-10-6-5-9(7-10)11(16)17/h8-10H,5-7H2,1-4H3,(H,16,17)(H2,14,15,18)/t8?,9-,10+/m1/s1. The first-order valence-electron chi connectivity index (χ1n) is 6.50. The Morgan fingerprint density at radius 3 is 2.33 bits per heavy atom. The molecule has 0 saturated heterocycles. The van der Waals surface area contributed by atoms with Gasteiger partial charge in [0.2, 0.25) is 0 Å². The third kappa shape index (κ3) is 4.20. The van der Waals surface area contributed by atoms with Crippen molar-refractivity contribution in [2.24, 2.45) is 11.3 Å². The molecule has 1 fully saturated rings. The molecule has 0 aliphatic heterocycles. The van der Waals surface area contributed by atoms with Crippen molar-refractivity contribution in [2.75, 3.05) is 0 Å². The topological polar surface area (TPSA) is 78.4 Å². The average molecular weight is 256 g/mol. The van der Waals surface area contributed by atoms with Gasteiger partial charge in [-0.3, -0.25) is 4.79 Å². The van der Waals surface area contributed by atoms with Gasteiger partial charge >= 0.3 is 12.0 Å². The summed E-state index contributed by atoms with van der Waals surface area (Å²) in [5.74, 6) is -1.07. The summed E-state index contributed by atoms with van der Waals surface area (Å²) in [6, 6.07) is -0.152. The number of nitrogens with one attached hydrogen (secondary N) is 2. The smallest absolute Gasteiger partial charge is 0.315 e. The largest absolute Gasteiger partial charge is 0.481 e. The van der Waals surface area contributed by atoms with Crippen LogP contribution in [0.2, 0.25) is 0 Å². The number of aliphatic carboxylic acids is 1. The molecule has 3 atom stereocenters. The van der Waals surface area contributed by atoms with E-state index in [-0.39, 0.29) is 29.4 Å². The van der Waals surface area contributed by atoms with Gasteiger partial charge in [-0.25, -0.2) is 4.79 Å². The highest BCUT2D eigenvalue weighted by molar-refractivity contribution is 5.75. The maximum atomic E-state index is 11.8. The Labute approximate surface area is 108 Å². The van der Waals surface area contributed by atoms with Crippen LogP contribution in [0.4, 0.5) is 4.79 Å². The van der Waals surface area contributed by atoms with Crippen molar-refractivity contribution >= 4 is 12.0 Å². The zero-order valence-electron chi connectivity index (χ0n) is 11.6. The van der Waals surface area contributed by atoms with Crippen LogP contribution in [0.15, 0.2) is 0 Å². The second kappa shape index (κ2) is 5.59. The van der Waals surface area contributed by atoms with Crippen LogP contribution in [0.25, 0.3) is 0 Å². The van der Waals surface area contributed by atoms with Crippen LogP contribution in [-0.2, 0) is 4.79 Å². The molecule has 1 rings (SSSR count). The molecule has 0 spiro atoms. The maximum Gasteiger partial charge on any atom is 0.315 e. The molecule has 0 aromatic heterocycles. The number of hydrogen-bond acceptors (Lipinski definition) is 2. The number of rotatable bonds is 3. The monoisotopic (exact) mass is 256 g/mol. The van der Waals surface area contributed by atoms with Crippen LogP contribution in [-0.4, -0.2) is 29.2 Å². The first-order valence-corrected chi connectivity index (χ1v) is 6.50. The van der Waals surface area contributed by atoms with Crippen molar-refractivity contribution in [3.05, 3.63) is 0 Å². The van der Waals surface area contributed by atoms with Crippen molar-refractivity contribution < 1.29 is 14.7 Å². The first-order chi connectivity index (χ1) is 8.20. The number of carbonyl (C=O) groups is 2. The van der Waals surface area contributed by atoms with Crippen LogP contribution in [0.5, 0.6) is 0 Å². The highest BCUT2D eigenvalue weighted by Crippen LogP contribution is 2.25. The predicted octanol–water partition coefficient (Wildman–Crippen LogP) is 1.97. The molecule has 0 bridgehead atoms. The molecule has 1 unspecified atom stereocenters. The van der Waals surface area contributed by atoms with Crippen molar-refractivity contribution in [1.82, 2.24) is 10.6 Å². The quantitative estimate of drug-likeness (QED) is 0.722. The number of amides is 2. The van der Waals surface area contributed by atoms with E-state index in [2.05, 4.69) is 31.4 Å². The third-order valence-corrected chi connectivity index (χ3v) is 3.76. The fourth-order valence-electron chi connectivity index (χ4n) is 1.98. The molecule has 1 aliphatic carbocycles. The normalized spacial score (nSPS) is 25.6. The van der Waals surface area contributed by atoms with E-state index in [1.54, 1.807) is 0 Å². The fourth-order valence-corrected chi connectivity index (χ4v) is 1.98. The Morgan fingerprint density at radius 2 is 1.89 bits per heavy atom. The Bertz CT molecular complexity index is 323. The summed E-state index contributed by atoms with van der Waals surface area (Å²) in [5.41, 5.74) is 0.0105. The highest BCUT2D eigenvalue weighted by atomic mass is 16.4. The van der Waals surface area contributed by atoms with E-state index in [0.717, 1.165) is 6.42 Å². The molecule has 104 valence electrons. The van der Waals surface area contributed by atoms with E-state index >= 15 is 0 Å². The van der Waals surface area contributed by atoms with Crippen molar-refractivity contribution in [2.45, 2.75) is 59.0 Å². The summed E-state index contributed by atoms with van der Waals surface area (Å²) in [6.07, 6.45) is 1.93. The van der Waals surface area contributed by atoms with E-state index in [0.29, 0.717) is 12.8 Å². The Balaban J connectivity index is 2.36. The van der Waals surface area contributed by atoms with Crippen LogP contribution in [0, 0.1) is 11.3 Å². The number of carboxylic acid groups (broad SMARTS) is 1. The molecule has 0 radical (unpaired) electrons. The van der Waals surface area contributed by atoms with Gasteiger partial charge in [0.05, 0.1) is 5.92 Å². The number of urea groups is 1. The lowest BCUT2D eigenvalue weighted by Crippen LogP contribution is -2.48. The molecule has 0 aromatic rings. The molecule has 0 aromatic carbocycles. The zero-order valence-corrected chi connectivity index (χ0v) is 11.6. The second-order valence-electron chi connectivity index (χ2n) is 6.25. The Hall–Kier alpha value is -1.26. The third-order valence-electron chi connectivity index (χ3n) is 3.76. The summed E-state index contributed by atoms with van der Waals surface area (Å²) in [6.45, 7) is 8.16. The van der Waals surface area contributed by atoms with Crippen LogP contribution in [0.1, 0.15) is 47.0 Å².